The fourth-order valence-electron chi connectivity index (χ4n) is 2.92. The third-order valence-electron chi connectivity index (χ3n) is 3.74. The Morgan fingerprint density at radius 2 is 2.19 bits per heavy atom. The van der Waals surface area contributed by atoms with E-state index in [2.05, 4.69) is 21.2 Å². The lowest BCUT2D eigenvalue weighted by molar-refractivity contribution is 0.441. The summed E-state index contributed by atoms with van der Waals surface area (Å²) in [5, 5.41) is 16.9. The van der Waals surface area contributed by atoms with E-state index in [-0.39, 0.29) is 0 Å². The Labute approximate surface area is 95.3 Å². The lowest BCUT2D eigenvalue weighted by Gasteiger charge is -2.18. The first-order valence-corrected chi connectivity index (χ1v) is 6.11. The summed E-state index contributed by atoms with van der Waals surface area (Å²) >= 11 is 0. The van der Waals surface area contributed by atoms with E-state index < -0.39 is 0 Å². The first kappa shape index (κ1) is 9.86. The van der Waals surface area contributed by atoms with Crippen molar-refractivity contribution < 1.29 is 0 Å². The Hall–Kier alpha value is -1.34. The molecule has 0 saturated heterocycles. The van der Waals surface area contributed by atoms with Gasteiger partial charge in [-0.15, -0.1) is 0 Å². The van der Waals surface area contributed by atoms with Gasteiger partial charge in [0.05, 0.1) is 6.04 Å². The highest BCUT2D eigenvalue weighted by Crippen LogP contribution is 2.32. The van der Waals surface area contributed by atoms with Crippen LogP contribution in [-0.4, -0.2) is 16.3 Å². The molecule has 4 heteroatoms. The number of aromatic nitrogens is 2. The molecule has 1 aromatic heterocycles. The molecule has 2 heterocycles. The number of hydrogen-bond acceptors (Lipinski definition) is 3. The van der Waals surface area contributed by atoms with E-state index in [0.717, 1.165) is 25.1 Å². The SMILES string of the molecule is N#Cc1nn(C2CCCC2)c2c1CNCC2. The first-order chi connectivity index (χ1) is 7.90. The lowest BCUT2D eigenvalue weighted by atomic mass is 10.1. The van der Waals surface area contributed by atoms with Crippen LogP contribution in [-0.2, 0) is 13.0 Å². The predicted molar refractivity (Wildman–Crippen MR) is 59.9 cm³/mol. The van der Waals surface area contributed by atoms with Crippen LogP contribution in [0.5, 0.6) is 0 Å². The summed E-state index contributed by atoms with van der Waals surface area (Å²) in [6.45, 7) is 1.82. The molecule has 2 aliphatic rings. The van der Waals surface area contributed by atoms with Crippen LogP contribution in [0.3, 0.4) is 0 Å². The minimum atomic E-state index is 0.550. The molecule has 0 amide bonds. The monoisotopic (exact) mass is 216 g/mol. The summed E-state index contributed by atoms with van der Waals surface area (Å²) in [7, 11) is 0. The van der Waals surface area contributed by atoms with Gasteiger partial charge in [0, 0.05) is 30.8 Å². The molecule has 84 valence electrons. The molecule has 1 saturated carbocycles. The fraction of sp³-hybridized carbons (Fsp3) is 0.667. The zero-order valence-corrected chi connectivity index (χ0v) is 9.37. The van der Waals surface area contributed by atoms with Crippen LogP contribution in [0.15, 0.2) is 0 Å². The number of hydrogen-bond donors (Lipinski definition) is 1. The van der Waals surface area contributed by atoms with Gasteiger partial charge in [0.2, 0.25) is 0 Å². The molecule has 1 aliphatic heterocycles. The molecule has 0 unspecified atom stereocenters. The molecular formula is C12H16N4. The third kappa shape index (κ3) is 1.43. The molecule has 16 heavy (non-hydrogen) atoms. The highest BCUT2D eigenvalue weighted by Gasteiger charge is 2.26. The van der Waals surface area contributed by atoms with Crippen molar-refractivity contribution in [3.8, 4) is 6.07 Å². The smallest absolute Gasteiger partial charge is 0.167 e. The minimum absolute atomic E-state index is 0.550. The van der Waals surface area contributed by atoms with E-state index in [9.17, 15) is 0 Å². The van der Waals surface area contributed by atoms with Crippen LogP contribution in [0.4, 0.5) is 0 Å². The topological polar surface area (TPSA) is 53.6 Å². The lowest BCUT2D eigenvalue weighted by Crippen LogP contribution is -2.25. The summed E-state index contributed by atoms with van der Waals surface area (Å²) in [5.74, 6) is 0. The van der Waals surface area contributed by atoms with Crippen LogP contribution in [0.25, 0.3) is 0 Å². The summed E-state index contributed by atoms with van der Waals surface area (Å²) in [5.41, 5.74) is 3.08. The van der Waals surface area contributed by atoms with Gasteiger partial charge in [-0.3, -0.25) is 4.68 Å². The van der Waals surface area contributed by atoms with Gasteiger partial charge in [-0.1, -0.05) is 12.8 Å². The molecular weight excluding hydrogens is 200 g/mol. The normalized spacial score (nSPS) is 20.7. The van der Waals surface area contributed by atoms with Crippen LogP contribution in [0.2, 0.25) is 0 Å². The van der Waals surface area contributed by atoms with Crippen LogP contribution in [0.1, 0.15) is 48.7 Å². The fourth-order valence-corrected chi connectivity index (χ4v) is 2.92. The average Bonchev–Trinajstić information content (AvgIpc) is 2.95. The minimum Gasteiger partial charge on any atom is -0.312 e. The van der Waals surface area contributed by atoms with Gasteiger partial charge in [-0.05, 0) is 12.8 Å². The standard InChI is InChI=1S/C12H16N4/c13-7-11-10-8-14-6-5-12(10)16(15-11)9-3-1-2-4-9/h9,14H,1-6,8H2. The molecule has 0 atom stereocenters. The molecule has 1 aliphatic carbocycles. The van der Waals surface area contributed by atoms with Crippen molar-refractivity contribution in [2.75, 3.05) is 6.54 Å². The van der Waals surface area contributed by atoms with E-state index in [4.69, 9.17) is 5.26 Å². The van der Waals surface area contributed by atoms with Crippen molar-refractivity contribution in [2.24, 2.45) is 0 Å². The Morgan fingerprint density at radius 3 is 2.94 bits per heavy atom. The summed E-state index contributed by atoms with van der Waals surface area (Å²) < 4.78 is 2.15. The van der Waals surface area contributed by atoms with Crippen LogP contribution >= 0.6 is 0 Å². The van der Waals surface area contributed by atoms with E-state index in [1.807, 2.05) is 0 Å². The number of nitrogens with zero attached hydrogens (tertiary/aromatic N) is 3. The molecule has 0 aromatic carbocycles. The average molecular weight is 216 g/mol. The Morgan fingerprint density at radius 1 is 1.38 bits per heavy atom. The van der Waals surface area contributed by atoms with Crippen molar-refractivity contribution in [2.45, 2.75) is 44.7 Å². The zero-order chi connectivity index (χ0) is 11.0. The molecule has 0 spiro atoms. The summed E-state index contributed by atoms with van der Waals surface area (Å²) in [6.07, 6.45) is 6.08. The molecule has 1 N–H and O–H groups in total. The molecule has 4 nitrogen and oxygen atoms in total. The maximum Gasteiger partial charge on any atom is 0.167 e. The van der Waals surface area contributed by atoms with Crippen molar-refractivity contribution in [3.63, 3.8) is 0 Å². The third-order valence-corrected chi connectivity index (χ3v) is 3.74. The maximum atomic E-state index is 9.10. The Kier molecular flexibility index (Phi) is 2.41. The van der Waals surface area contributed by atoms with E-state index in [0.29, 0.717) is 11.7 Å². The van der Waals surface area contributed by atoms with E-state index in [1.165, 1.54) is 31.4 Å². The molecule has 1 fully saturated rings. The number of fused-ring (bicyclic) bond motifs is 1. The highest BCUT2D eigenvalue weighted by atomic mass is 15.3. The van der Waals surface area contributed by atoms with Gasteiger partial charge >= 0.3 is 0 Å². The van der Waals surface area contributed by atoms with Gasteiger partial charge in [-0.2, -0.15) is 10.4 Å². The second kappa shape index (κ2) is 3.91. The first-order valence-electron chi connectivity index (χ1n) is 6.11. The van der Waals surface area contributed by atoms with Gasteiger partial charge in [0.25, 0.3) is 0 Å². The number of rotatable bonds is 1. The van der Waals surface area contributed by atoms with Crippen LogP contribution < -0.4 is 5.32 Å². The quantitative estimate of drug-likeness (QED) is 0.774. The second-order valence-corrected chi connectivity index (χ2v) is 4.70. The molecule has 3 rings (SSSR count). The summed E-state index contributed by atoms with van der Waals surface area (Å²) in [4.78, 5) is 0. The molecule has 1 aromatic rings. The van der Waals surface area contributed by atoms with Crippen LogP contribution in [0, 0.1) is 11.3 Å². The predicted octanol–water partition coefficient (Wildman–Crippen LogP) is 1.52. The highest BCUT2D eigenvalue weighted by molar-refractivity contribution is 5.36. The Balaban J connectivity index is 2.04. The van der Waals surface area contributed by atoms with E-state index in [1.54, 1.807) is 0 Å². The largest absolute Gasteiger partial charge is 0.312 e. The zero-order valence-electron chi connectivity index (χ0n) is 9.37. The maximum absolute atomic E-state index is 9.10. The Bertz CT molecular complexity index is 435. The van der Waals surface area contributed by atoms with Gasteiger partial charge in [0.1, 0.15) is 6.07 Å². The molecule has 0 bridgehead atoms. The number of nitrogens with one attached hydrogen (secondary N) is 1. The number of nitriles is 1. The van der Waals surface area contributed by atoms with Crippen molar-refractivity contribution in [3.05, 3.63) is 17.0 Å². The second-order valence-electron chi connectivity index (χ2n) is 4.70. The van der Waals surface area contributed by atoms with Gasteiger partial charge < -0.3 is 5.32 Å². The summed E-state index contributed by atoms with van der Waals surface area (Å²) in [6, 6.07) is 2.78. The van der Waals surface area contributed by atoms with E-state index >= 15 is 0 Å². The van der Waals surface area contributed by atoms with Crippen molar-refractivity contribution >= 4 is 0 Å². The van der Waals surface area contributed by atoms with Gasteiger partial charge in [0.15, 0.2) is 5.69 Å². The van der Waals surface area contributed by atoms with Crippen molar-refractivity contribution in [1.82, 2.24) is 15.1 Å². The molecule has 0 radical (unpaired) electrons. The van der Waals surface area contributed by atoms with Crippen molar-refractivity contribution in [1.29, 1.82) is 5.26 Å². The van der Waals surface area contributed by atoms with Gasteiger partial charge in [-0.25, -0.2) is 0 Å².